The van der Waals surface area contributed by atoms with Gasteiger partial charge in [0.15, 0.2) is 5.79 Å². The van der Waals surface area contributed by atoms with Crippen LogP contribution in [-0.2, 0) is 14.2 Å². The number of methoxy groups -OCH3 is 2. The van der Waals surface area contributed by atoms with Gasteiger partial charge in [-0.05, 0) is 0 Å². The average molecular weight is 174 g/mol. The molecule has 2 aliphatic heterocycles. The third-order valence-corrected chi connectivity index (χ3v) is 2.83. The number of hydrogen-bond acceptors (Lipinski definition) is 4. The minimum Gasteiger partial charge on any atom is -0.390 e. The maximum Gasteiger partial charge on any atom is 0.199 e. The normalized spacial score (nSPS) is 43.8. The Morgan fingerprint density at radius 3 is 2.42 bits per heavy atom. The molecule has 0 aromatic rings. The molecule has 0 aromatic carbocycles. The molecular weight excluding hydrogens is 160 g/mol. The van der Waals surface area contributed by atoms with E-state index >= 15 is 0 Å². The van der Waals surface area contributed by atoms with Crippen LogP contribution in [0.4, 0.5) is 0 Å². The summed E-state index contributed by atoms with van der Waals surface area (Å²) in [6.45, 7) is 0. The molecule has 2 rings (SSSR count). The summed E-state index contributed by atoms with van der Waals surface area (Å²) < 4.78 is 16.0. The number of hydrogen-bond donors (Lipinski definition) is 1. The van der Waals surface area contributed by atoms with E-state index in [1.807, 2.05) is 0 Å². The SMILES string of the molecule is COC1(OC)C[C@@H]2C[C@@H](O)[C@H]1O2. The van der Waals surface area contributed by atoms with Gasteiger partial charge in [-0.25, -0.2) is 0 Å². The maximum atomic E-state index is 9.53. The van der Waals surface area contributed by atoms with E-state index in [0.717, 1.165) is 6.42 Å². The van der Waals surface area contributed by atoms with Crippen LogP contribution in [0.25, 0.3) is 0 Å². The van der Waals surface area contributed by atoms with Crippen LogP contribution in [-0.4, -0.2) is 43.4 Å². The van der Waals surface area contributed by atoms with Gasteiger partial charge in [0.25, 0.3) is 0 Å². The van der Waals surface area contributed by atoms with Gasteiger partial charge in [-0.15, -0.1) is 0 Å². The van der Waals surface area contributed by atoms with Crippen LogP contribution in [0.2, 0.25) is 0 Å². The lowest BCUT2D eigenvalue weighted by Gasteiger charge is -2.34. The molecule has 4 heteroatoms. The van der Waals surface area contributed by atoms with E-state index in [9.17, 15) is 5.11 Å². The first-order chi connectivity index (χ1) is 5.72. The summed E-state index contributed by atoms with van der Waals surface area (Å²) in [5, 5.41) is 9.53. The van der Waals surface area contributed by atoms with Crippen molar-refractivity contribution in [3.8, 4) is 0 Å². The van der Waals surface area contributed by atoms with E-state index in [2.05, 4.69) is 0 Å². The number of aliphatic hydroxyl groups excluding tert-OH is 1. The predicted molar refractivity (Wildman–Crippen MR) is 40.7 cm³/mol. The second-order valence-electron chi connectivity index (χ2n) is 3.41. The van der Waals surface area contributed by atoms with Crippen molar-refractivity contribution in [3.63, 3.8) is 0 Å². The number of fused-ring (bicyclic) bond motifs is 2. The van der Waals surface area contributed by atoms with Crippen LogP contribution in [0.1, 0.15) is 12.8 Å². The Morgan fingerprint density at radius 2 is 2.08 bits per heavy atom. The van der Waals surface area contributed by atoms with Crippen molar-refractivity contribution < 1.29 is 19.3 Å². The minimum atomic E-state index is -0.706. The second-order valence-corrected chi connectivity index (χ2v) is 3.41. The lowest BCUT2D eigenvalue weighted by molar-refractivity contribution is -0.246. The standard InChI is InChI=1S/C8H14O4/c1-10-8(11-2)4-5-3-6(9)7(8)12-5/h5-7,9H,3-4H2,1-2H3/t5-,6+,7+/m0/s1. The molecule has 1 N–H and O–H groups in total. The zero-order valence-electron chi connectivity index (χ0n) is 7.32. The van der Waals surface area contributed by atoms with Crippen LogP contribution in [0.15, 0.2) is 0 Å². The summed E-state index contributed by atoms with van der Waals surface area (Å²) in [6, 6.07) is 0. The molecule has 2 saturated heterocycles. The third kappa shape index (κ3) is 0.925. The van der Waals surface area contributed by atoms with E-state index in [4.69, 9.17) is 14.2 Å². The molecule has 12 heavy (non-hydrogen) atoms. The summed E-state index contributed by atoms with van der Waals surface area (Å²) >= 11 is 0. The van der Waals surface area contributed by atoms with Crippen molar-refractivity contribution in [1.29, 1.82) is 0 Å². The number of aliphatic hydroxyl groups is 1. The van der Waals surface area contributed by atoms with Gasteiger partial charge in [0.2, 0.25) is 0 Å². The molecule has 2 aliphatic rings. The van der Waals surface area contributed by atoms with Gasteiger partial charge in [0.05, 0.1) is 12.2 Å². The van der Waals surface area contributed by atoms with Gasteiger partial charge in [-0.1, -0.05) is 0 Å². The second kappa shape index (κ2) is 2.67. The molecule has 2 fully saturated rings. The van der Waals surface area contributed by atoms with Crippen molar-refractivity contribution in [2.24, 2.45) is 0 Å². The highest BCUT2D eigenvalue weighted by molar-refractivity contribution is 5.01. The molecule has 0 aliphatic carbocycles. The minimum absolute atomic E-state index is 0.102. The van der Waals surface area contributed by atoms with Crippen molar-refractivity contribution in [1.82, 2.24) is 0 Å². The predicted octanol–water partition coefficient (Wildman–Crippen LogP) is -0.102. The number of rotatable bonds is 2. The molecule has 0 spiro atoms. The molecule has 0 amide bonds. The summed E-state index contributed by atoms with van der Waals surface area (Å²) in [5.41, 5.74) is 0. The molecule has 2 heterocycles. The van der Waals surface area contributed by atoms with Crippen LogP contribution in [0.3, 0.4) is 0 Å². The quantitative estimate of drug-likeness (QED) is 0.594. The first-order valence-electron chi connectivity index (χ1n) is 4.15. The van der Waals surface area contributed by atoms with E-state index in [1.54, 1.807) is 14.2 Å². The zero-order chi connectivity index (χ0) is 8.77. The zero-order valence-corrected chi connectivity index (χ0v) is 7.32. The Kier molecular flexibility index (Phi) is 1.88. The molecule has 3 atom stereocenters. The van der Waals surface area contributed by atoms with Crippen LogP contribution >= 0.6 is 0 Å². The van der Waals surface area contributed by atoms with E-state index < -0.39 is 11.9 Å². The Labute approximate surface area is 71.4 Å². The summed E-state index contributed by atoms with van der Waals surface area (Å²) in [7, 11) is 3.17. The Bertz CT molecular complexity index is 178. The molecular formula is C8H14O4. The summed E-state index contributed by atoms with van der Waals surface area (Å²) in [5.74, 6) is -0.706. The van der Waals surface area contributed by atoms with Gasteiger partial charge >= 0.3 is 0 Å². The topological polar surface area (TPSA) is 47.9 Å². The monoisotopic (exact) mass is 174 g/mol. The highest BCUT2D eigenvalue weighted by atomic mass is 16.7. The molecule has 2 bridgehead atoms. The summed E-state index contributed by atoms with van der Waals surface area (Å²) in [4.78, 5) is 0. The highest BCUT2D eigenvalue weighted by Crippen LogP contribution is 2.44. The van der Waals surface area contributed by atoms with Crippen LogP contribution < -0.4 is 0 Å². The first-order valence-corrected chi connectivity index (χ1v) is 4.15. The largest absolute Gasteiger partial charge is 0.390 e. The highest BCUT2D eigenvalue weighted by Gasteiger charge is 2.58. The molecule has 0 saturated carbocycles. The smallest absolute Gasteiger partial charge is 0.199 e. The fourth-order valence-electron chi connectivity index (χ4n) is 2.19. The van der Waals surface area contributed by atoms with E-state index in [1.165, 1.54) is 0 Å². The van der Waals surface area contributed by atoms with Gasteiger partial charge in [0.1, 0.15) is 6.10 Å². The molecule has 4 nitrogen and oxygen atoms in total. The molecule has 70 valence electrons. The molecule has 0 aromatic heterocycles. The number of ether oxygens (including phenoxy) is 3. The fraction of sp³-hybridized carbons (Fsp3) is 1.00. The lowest BCUT2D eigenvalue weighted by Crippen LogP contribution is -2.49. The average Bonchev–Trinajstić information content (AvgIpc) is 2.60. The van der Waals surface area contributed by atoms with Gasteiger partial charge in [-0.2, -0.15) is 0 Å². The molecule has 0 unspecified atom stereocenters. The van der Waals surface area contributed by atoms with E-state index in [-0.39, 0.29) is 12.2 Å². The fourth-order valence-corrected chi connectivity index (χ4v) is 2.19. The Hall–Kier alpha value is -0.160. The maximum absolute atomic E-state index is 9.53. The van der Waals surface area contributed by atoms with Crippen molar-refractivity contribution in [2.75, 3.05) is 14.2 Å². The van der Waals surface area contributed by atoms with Crippen molar-refractivity contribution in [3.05, 3.63) is 0 Å². The molecule has 0 radical (unpaired) electrons. The van der Waals surface area contributed by atoms with Gasteiger partial charge in [0, 0.05) is 27.1 Å². The van der Waals surface area contributed by atoms with Crippen LogP contribution in [0.5, 0.6) is 0 Å². The third-order valence-electron chi connectivity index (χ3n) is 2.83. The van der Waals surface area contributed by atoms with Gasteiger partial charge < -0.3 is 19.3 Å². The Morgan fingerprint density at radius 1 is 1.42 bits per heavy atom. The van der Waals surface area contributed by atoms with Crippen LogP contribution in [0, 0.1) is 0 Å². The van der Waals surface area contributed by atoms with Crippen molar-refractivity contribution in [2.45, 2.75) is 36.9 Å². The lowest BCUT2D eigenvalue weighted by atomic mass is 9.92. The Balaban J connectivity index is 2.19. The van der Waals surface area contributed by atoms with E-state index in [0.29, 0.717) is 6.42 Å². The summed E-state index contributed by atoms with van der Waals surface area (Å²) in [6.07, 6.45) is 0.784. The van der Waals surface area contributed by atoms with Crippen molar-refractivity contribution >= 4 is 0 Å². The first kappa shape index (κ1) is 8.44. The van der Waals surface area contributed by atoms with Gasteiger partial charge in [-0.3, -0.25) is 0 Å².